The van der Waals surface area contributed by atoms with Crippen molar-refractivity contribution in [1.82, 2.24) is 0 Å². The molecule has 1 aromatic rings. The third-order valence-corrected chi connectivity index (χ3v) is 4.83. The number of hydrogen-bond acceptors (Lipinski definition) is 2. The van der Waals surface area contributed by atoms with E-state index in [9.17, 15) is 0 Å². The largest absolute Gasteiger partial charge is 0.382 e. The van der Waals surface area contributed by atoms with Gasteiger partial charge in [-0.15, -0.1) is 0 Å². The fraction of sp³-hybridized carbons (Fsp3) is 0.684. The first-order valence-electron chi connectivity index (χ1n) is 8.67. The summed E-state index contributed by atoms with van der Waals surface area (Å²) < 4.78 is 5.50. The number of rotatable bonds is 8. The Balaban J connectivity index is 1.99. The standard InChI is InChI=1S/C19H31NO/c1-3-5-19(14-20)18-9-8-16-12-15(10-11-21-4-2)6-7-17(16)13-18/h8-9,13,15,19H,3-7,10-12,14,20H2,1-2H3. The van der Waals surface area contributed by atoms with Crippen LogP contribution in [-0.4, -0.2) is 19.8 Å². The molecule has 0 aliphatic heterocycles. The smallest absolute Gasteiger partial charge is 0.0468 e. The Hall–Kier alpha value is -0.860. The van der Waals surface area contributed by atoms with Crippen LogP contribution in [0, 0.1) is 5.92 Å². The molecule has 1 aliphatic rings. The maximum Gasteiger partial charge on any atom is 0.0468 e. The van der Waals surface area contributed by atoms with Gasteiger partial charge in [-0.2, -0.15) is 0 Å². The van der Waals surface area contributed by atoms with E-state index in [1.54, 1.807) is 11.1 Å². The highest BCUT2D eigenvalue weighted by Crippen LogP contribution is 2.31. The Bertz CT molecular complexity index is 430. The molecule has 0 radical (unpaired) electrons. The van der Waals surface area contributed by atoms with Crippen molar-refractivity contribution in [3.63, 3.8) is 0 Å². The molecule has 0 saturated heterocycles. The van der Waals surface area contributed by atoms with Crippen LogP contribution in [0.25, 0.3) is 0 Å². The Labute approximate surface area is 130 Å². The Kier molecular flexibility index (Phi) is 6.72. The zero-order chi connectivity index (χ0) is 15.1. The van der Waals surface area contributed by atoms with Crippen molar-refractivity contribution in [1.29, 1.82) is 0 Å². The minimum absolute atomic E-state index is 0.538. The van der Waals surface area contributed by atoms with Gasteiger partial charge in [-0.1, -0.05) is 31.5 Å². The molecule has 0 heterocycles. The van der Waals surface area contributed by atoms with Crippen molar-refractivity contribution >= 4 is 0 Å². The summed E-state index contributed by atoms with van der Waals surface area (Å²) in [6.07, 6.45) is 7.37. The summed E-state index contributed by atoms with van der Waals surface area (Å²) in [5.41, 5.74) is 10.5. The van der Waals surface area contributed by atoms with E-state index in [4.69, 9.17) is 10.5 Å². The summed E-state index contributed by atoms with van der Waals surface area (Å²) >= 11 is 0. The zero-order valence-electron chi connectivity index (χ0n) is 13.7. The topological polar surface area (TPSA) is 35.2 Å². The van der Waals surface area contributed by atoms with Crippen molar-refractivity contribution < 1.29 is 4.74 Å². The summed E-state index contributed by atoms with van der Waals surface area (Å²) in [6.45, 7) is 6.83. The molecule has 2 N–H and O–H groups in total. The van der Waals surface area contributed by atoms with Gasteiger partial charge < -0.3 is 10.5 Å². The lowest BCUT2D eigenvalue weighted by molar-refractivity contribution is 0.129. The molecule has 0 bridgehead atoms. The van der Waals surface area contributed by atoms with E-state index in [1.165, 1.54) is 44.1 Å². The van der Waals surface area contributed by atoms with E-state index in [-0.39, 0.29) is 0 Å². The molecule has 2 rings (SSSR count). The van der Waals surface area contributed by atoms with Gasteiger partial charge in [0.1, 0.15) is 0 Å². The molecule has 0 saturated carbocycles. The Morgan fingerprint density at radius 1 is 1.29 bits per heavy atom. The SMILES string of the molecule is CCCC(CN)c1ccc2c(c1)CCC(CCOCC)C2. The molecular weight excluding hydrogens is 258 g/mol. The van der Waals surface area contributed by atoms with Gasteiger partial charge in [-0.3, -0.25) is 0 Å². The molecule has 118 valence electrons. The number of hydrogen-bond donors (Lipinski definition) is 1. The number of fused-ring (bicyclic) bond motifs is 1. The van der Waals surface area contributed by atoms with Gasteiger partial charge in [0, 0.05) is 13.2 Å². The molecule has 1 aromatic carbocycles. The van der Waals surface area contributed by atoms with E-state index in [2.05, 4.69) is 32.0 Å². The van der Waals surface area contributed by atoms with E-state index < -0.39 is 0 Å². The molecule has 21 heavy (non-hydrogen) atoms. The third-order valence-electron chi connectivity index (χ3n) is 4.83. The third kappa shape index (κ3) is 4.55. The first-order valence-corrected chi connectivity index (χ1v) is 8.67. The van der Waals surface area contributed by atoms with E-state index in [1.807, 2.05) is 0 Å². The molecule has 2 heteroatoms. The lowest BCUT2D eigenvalue weighted by Crippen LogP contribution is -2.18. The van der Waals surface area contributed by atoms with Crippen LogP contribution in [0.3, 0.4) is 0 Å². The fourth-order valence-corrected chi connectivity index (χ4v) is 3.51. The number of benzene rings is 1. The first-order chi connectivity index (χ1) is 10.3. The zero-order valence-corrected chi connectivity index (χ0v) is 13.7. The maximum absolute atomic E-state index is 5.94. The predicted molar refractivity (Wildman–Crippen MR) is 89.8 cm³/mol. The Morgan fingerprint density at radius 2 is 2.14 bits per heavy atom. The van der Waals surface area contributed by atoms with Crippen LogP contribution in [0.4, 0.5) is 0 Å². The molecule has 0 spiro atoms. The second-order valence-electron chi connectivity index (χ2n) is 6.34. The van der Waals surface area contributed by atoms with Crippen molar-refractivity contribution in [2.75, 3.05) is 19.8 Å². The molecule has 0 aromatic heterocycles. The first kappa shape index (κ1) is 16.5. The fourth-order valence-electron chi connectivity index (χ4n) is 3.51. The van der Waals surface area contributed by atoms with Gasteiger partial charge in [0.15, 0.2) is 0 Å². The van der Waals surface area contributed by atoms with Gasteiger partial charge in [-0.05, 0) is 74.1 Å². The molecule has 1 aliphatic carbocycles. The summed E-state index contributed by atoms with van der Waals surface area (Å²) in [6, 6.07) is 7.11. The molecule has 0 fully saturated rings. The van der Waals surface area contributed by atoms with Crippen molar-refractivity contribution in [3.8, 4) is 0 Å². The highest BCUT2D eigenvalue weighted by atomic mass is 16.5. The van der Waals surface area contributed by atoms with Crippen molar-refractivity contribution in [2.45, 2.75) is 58.3 Å². The molecule has 2 atom stereocenters. The van der Waals surface area contributed by atoms with Gasteiger partial charge in [0.05, 0.1) is 0 Å². The van der Waals surface area contributed by atoms with Crippen molar-refractivity contribution in [3.05, 3.63) is 34.9 Å². The van der Waals surface area contributed by atoms with Crippen LogP contribution in [0.5, 0.6) is 0 Å². The van der Waals surface area contributed by atoms with Gasteiger partial charge in [0.25, 0.3) is 0 Å². The van der Waals surface area contributed by atoms with Crippen LogP contribution in [0.15, 0.2) is 18.2 Å². The number of aryl methyl sites for hydroxylation is 1. The Morgan fingerprint density at radius 3 is 2.86 bits per heavy atom. The monoisotopic (exact) mass is 289 g/mol. The van der Waals surface area contributed by atoms with Crippen LogP contribution >= 0.6 is 0 Å². The van der Waals surface area contributed by atoms with Gasteiger partial charge in [0.2, 0.25) is 0 Å². The molecule has 2 unspecified atom stereocenters. The van der Waals surface area contributed by atoms with Gasteiger partial charge in [-0.25, -0.2) is 0 Å². The lowest BCUT2D eigenvalue weighted by Gasteiger charge is -2.26. The van der Waals surface area contributed by atoms with Crippen LogP contribution in [-0.2, 0) is 17.6 Å². The quantitative estimate of drug-likeness (QED) is 0.732. The minimum atomic E-state index is 0.538. The van der Waals surface area contributed by atoms with Crippen LogP contribution in [0.2, 0.25) is 0 Å². The lowest BCUT2D eigenvalue weighted by atomic mass is 9.80. The number of ether oxygens (including phenoxy) is 1. The second kappa shape index (κ2) is 8.55. The average Bonchev–Trinajstić information content (AvgIpc) is 2.52. The van der Waals surface area contributed by atoms with Crippen LogP contribution in [0.1, 0.15) is 62.1 Å². The maximum atomic E-state index is 5.94. The van der Waals surface area contributed by atoms with Crippen molar-refractivity contribution in [2.24, 2.45) is 11.7 Å². The predicted octanol–water partition coefficient (Wildman–Crippen LogP) is 4.06. The summed E-state index contributed by atoms with van der Waals surface area (Å²) in [4.78, 5) is 0. The summed E-state index contributed by atoms with van der Waals surface area (Å²) in [5.74, 6) is 1.34. The summed E-state index contributed by atoms with van der Waals surface area (Å²) in [5, 5.41) is 0. The highest BCUT2D eigenvalue weighted by molar-refractivity contribution is 5.36. The molecular formula is C19H31NO. The van der Waals surface area contributed by atoms with E-state index in [0.717, 1.165) is 25.7 Å². The highest BCUT2D eigenvalue weighted by Gasteiger charge is 2.20. The van der Waals surface area contributed by atoms with Crippen LogP contribution < -0.4 is 5.73 Å². The minimum Gasteiger partial charge on any atom is -0.382 e. The normalized spacial score (nSPS) is 19.3. The number of nitrogens with two attached hydrogens (primary N) is 1. The molecule has 2 nitrogen and oxygen atoms in total. The molecule has 0 amide bonds. The average molecular weight is 289 g/mol. The summed E-state index contributed by atoms with van der Waals surface area (Å²) in [7, 11) is 0. The van der Waals surface area contributed by atoms with Gasteiger partial charge >= 0.3 is 0 Å². The second-order valence-corrected chi connectivity index (χ2v) is 6.34. The van der Waals surface area contributed by atoms with E-state index >= 15 is 0 Å². The van der Waals surface area contributed by atoms with E-state index in [0.29, 0.717) is 5.92 Å².